The number of hydrogen-bond donors (Lipinski definition) is 4. The quantitative estimate of drug-likeness (QED) is 0.315. The van der Waals surface area contributed by atoms with Crippen LogP contribution in [0.4, 0.5) is 0 Å². The van der Waals surface area contributed by atoms with Gasteiger partial charge in [0.15, 0.2) is 0 Å². The fourth-order valence-electron chi connectivity index (χ4n) is 3.43. The van der Waals surface area contributed by atoms with Crippen molar-refractivity contribution in [3.05, 3.63) is 63.6 Å². The molecule has 0 spiro atoms. The highest BCUT2D eigenvalue weighted by atomic mass is 35.5. The molecular weight excluding hydrogens is 489 g/mol. The number of hydrogen-bond acceptors (Lipinski definition) is 5. The zero-order valence-corrected chi connectivity index (χ0v) is 19.8. The Morgan fingerprint density at radius 1 is 1.12 bits per heavy atom. The Kier molecular flexibility index (Phi) is 7.96. The molecule has 0 saturated carbocycles. The summed E-state index contributed by atoms with van der Waals surface area (Å²) in [5, 5.41) is 10.5. The van der Waals surface area contributed by atoms with Crippen molar-refractivity contribution in [2.45, 2.75) is 30.3 Å². The first kappa shape index (κ1) is 25.0. The molecule has 0 aromatic heterocycles. The average Bonchev–Trinajstić information content (AvgIpc) is 3.28. The molecule has 5 N–H and O–H groups in total. The summed E-state index contributed by atoms with van der Waals surface area (Å²) >= 11 is 11.7. The molecule has 0 aliphatic carbocycles. The molecule has 3 rings (SSSR count). The third-order valence-electron chi connectivity index (χ3n) is 5.22. The van der Waals surface area contributed by atoms with E-state index in [1.807, 2.05) is 0 Å². The third kappa shape index (κ3) is 6.23. The van der Waals surface area contributed by atoms with E-state index >= 15 is 0 Å². The highest BCUT2D eigenvalue weighted by Gasteiger charge is 2.34. The normalized spacial score (nSPS) is 15.9. The number of rotatable bonds is 8. The standard InChI is InChI=1S/C21H23Cl2N5O4S/c22-16-8-7-15(10-17(16)23)33(31,32)27-12-19(29)28-9-1-2-18(28)21(30)26-11-13-3-5-14(6-4-13)20(24)25/h3-8,10,18,27H,1-2,9,11-12H2,(H3,24,25)(H,26,30)/t18-/m0/s1. The summed E-state index contributed by atoms with van der Waals surface area (Å²) in [6.07, 6.45) is 1.12. The summed E-state index contributed by atoms with van der Waals surface area (Å²) in [5.74, 6) is -0.855. The van der Waals surface area contributed by atoms with Gasteiger partial charge < -0.3 is 16.0 Å². The number of nitrogen functional groups attached to an aromatic ring is 1. The van der Waals surface area contributed by atoms with E-state index in [1.165, 1.54) is 23.1 Å². The molecular formula is C21H23Cl2N5O4S. The van der Waals surface area contributed by atoms with Crippen LogP contribution in [0, 0.1) is 5.41 Å². The second-order valence-corrected chi connectivity index (χ2v) is 10.1. The highest BCUT2D eigenvalue weighted by Crippen LogP contribution is 2.25. The van der Waals surface area contributed by atoms with Gasteiger partial charge >= 0.3 is 0 Å². The number of nitrogens with zero attached hydrogens (tertiary/aromatic N) is 1. The minimum Gasteiger partial charge on any atom is -0.384 e. The predicted molar refractivity (Wildman–Crippen MR) is 126 cm³/mol. The summed E-state index contributed by atoms with van der Waals surface area (Å²) in [6.45, 7) is 0.122. The minimum atomic E-state index is -3.98. The van der Waals surface area contributed by atoms with E-state index in [4.69, 9.17) is 34.3 Å². The van der Waals surface area contributed by atoms with Crippen LogP contribution < -0.4 is 15.8 Å². The predicted octanol–water partition coefficient (Wildman–Crippen LogP) is 1.86. The van der Waals surface area contributed by atoms with Crippen molar-refractivity contribution >= 4 is 50.9 Å². The van der Waals surface area contributed by atoms with Crippen LogP contribution in [0.25, 0.3) is 0 Å². The van der Waals surface area contributed by atoms with Crippen molar-refractivity contribution in [1.82, 2.24) is 14.9 Å². The van der Waals surface area contributed by atoms with Gasteiger partial charge in [0, 0.05) is 18.7 Å². The molecule has 0 radical (unpaired) electrons. The number of likely N-dealkylation sites (tertiary alicyclic amines) is 1. The maximum absolute atomic E-state index is 12.7. The van der Waals surface area contributed by atoms with Gasteiger partial charge in [-0.1, -0.05) is 47.5 Å². The van der Waals surface area contributed by atoms with Gasteiger partial charge in [0.1, 0.15) is 11.9 Å². The molecule has 2 aromatic rings. The van der Waals surface area contributed by atoms with Crippen LogP contribution in [0.3, 0.4) is 0 Å². The third-order valence-corrected chi connectivity index (χ3v) is 7.36. The highest BCUT2D eigenvalue weighted by molar-refractivity contribution is 7.89. The Bertz CT molecular complexity index is 1170. The Hall–Kier alpha value is -2.66. The van der Waals surface area contributed by atoms with Gasteiger partial charge in [-0.3, -0.25) is 15.0 Å². The van der Waals surface area contributed by atoms with Crippen molar-refractivity contribution in [1.29, 1.82) is 5.41 Å². The van der Waals surface area contributed by atoms with Gasteiger partial charge in [0.05, 0.1) is 21.5 Å². The molecule has 12 heteroatoms. The molecule has 2 aromatic carbocycles. The van der Waals surface area contributed by atoms with Crippen LogP contribution in [-0.4, -0.2) is 50.1 Å². The van der Waals surface area contributed by atoms with E-state index in [9.17, 15) is 18.0 Å². The van der Waals surface area contributed by atoms with Gasteiger partial charge in [0.25, 0.3) is 0 Å². The van der Waals surface area contributed by atoms with Gasteiger partial charge in [-0.2, -0.15) is 0 Å². The fourth-order valence-corrected chi connectivity index (χ4v) is 4.80. The van der Waals surface area contributed by atoms with E-state index < -0.39 is 28.5 Å². The number of carbonyl (C=O) groups excluding carboxylic acids is 2. The molecule has 1 heterocycles. The van der Waals surface area contributed by atoms with Crippen LogP contribution in [0.2, 0.25) is 10.0 Å². The number of sulfonamides is 1. The van der Waals surface area contributed by atoms with Crippen molar-refractivity contribution in [3.8, 4) is 0 Å². The number of nitrogens with one attached hydrogen (secondary N) is 3. The van der Waals surface area contributed by atoms with Crippen molar-refractivity contribution in [2.75, 3.05) is 13.1 Å². The zero-order chi connectivity index (χ0) is 24.2. The lowest BCUT2D eigenvalue weighted by Crippen LogP contribution is -2.48. The minimum absolute atomic E-state index is 0.0412. The summed E-state index contributed by atoms with van der Waals surface area (Å²) in [4.78, 5) is 26.6. The first-order chi connectivity index (χ1) is 15.6. The van der Waals surface area contributed by atoms with Crippen LogP contribution in [0.1, 0.15) is 24.0 Å². The van der Waals surface area contributed by atoms with Crippen LogP contribution in [0.15, 0.2) is 47.4 Å². The summed E-state index contributed by atoms with van der Waals surface area (Å²) < 4.78 is 27.2. The maximum atomic E-state index is 12.7. The van der Waals surface area contributed by atoms with Crippen molar-refractivity contribution in [3.63, 3.8) is 0 Å². The average molecular weight is 512 g/mol. The summed E-state index contributed by atoms with van der Waals surface area (Å²) in [7, 11) is -3.98. The number of halogens is 2. The number of amidine groups is 1. The van der Waals surface area contributed by atoms with Gasteiger partial charge in [-0.15, -0.1) is 0 Å². The Morgan fingerprint density at radius 3 is 2.45 bits per heavy atom. The Morgan fingerprint density at radius 2 is 1.82 bits per heavy atom. The van der Waals surface area contributed by atoms with E-state index in [-0.39, 0.29) is 33.2 Å². The van der Waals surface area contributed by atoms with Crippen LogP contribution in [0.5, 0.6) is 0 Å². The topological polar surface area (TPSA) is 145 Å². The molecule has 1 atom stereocenters. The second-order valence-electron chi connectivity index (χ2n) is 7.47. The molecule has 176 valence electrons. The van der Waals surface area contributed by atoms with E-state index in [2.05, 4.69) is 10.0 Å². The fraction of sp³-hybridized carbons (Fsp3) is 0.286. The smallest absolute Gasteiger partial charge is 0.243 e. The zero-order valence-electron chi connectivity index (χ0n) is 17.5. The molecule has 9 nitrogen and oxygen atoms in total. The lowest BCUT2D eigenvalue weighted by molar-refractivity contribution is -0.137. The molecule has 1 aliphatic rings. The van der Waals surface area contributed by atoms with E-state index in [1.54, 1.807) is 24.3 Å². The molecule has 1 saturated heterocycles. The van der Waals surface area contributed by atoms with Crippen LogP contribution in [-0.2, 0) is 26.2 Å². The Balaban J connectivity index is 1.57. The van der Waals surface area contributed by atoms with E-state index in [0.717, 1.165) is 5.56 Å². The molecule has 2 amide bonds. The number of carbonyl (C=O) groups is 2. The number of nitrogens with two attached hydrogens (primary N) is 1. The first-order valence-corrected chi connectivity index (χ1v) is 12.3. The molecule has 0 unspecified atom stereocenters. The van der Waals surface area contributed by atoms with Gasteiger partial charge in [-0.25, -0.2) is 13.1 Å². The SMILES string of the molecule is N=C(N)c1ccc(CNC(=O)[C@@H]2CCCN2C(=O)CNS(=O)(=O)c2ccc(Cl)c(Cl)c2)cc1. The van der Waals surface area contributed by atoms with Gasteiger partial charge in [0.2, 0.25) is 21.8 Å². The first-order valence-electron chi connectivity index (χ1n) is 10.0. The maximum Gasteiger partial charge on any atom is 0.243 e. The summed E-state index contributed by atoms with van der Waals surface area (Å²) in [6, 6.07) is 10.1. The molecule has 1 aliphatic heterocycles. The van der Waals surface area contributed by atoms with Crippen molar-refractivity contribution in [2.24, 2.45) is 5.73 Å². The molecule has 33 heavy (non-hydrogen) atoms. The Labute approximate surface area is 201 Å². The molecule has 1 fully saturated rings. The van der Waals surface area contributed by atoms with Crippen LogP contribution >= 0.6 is 23.2 Å². The lowest BCUT2D eigenvalue weighted by Gasteiger charge is -2.24. The monoisotopic (exact) mass is 511 g/mol. The second kappa shape index (κ2) is 10.5. The van der Waals surface area contributed by atoms with E-state index in [0.29, 0.717) is 24.9 Å². The lowest BCUT2D eigenvalue weighted by atomic mass is 10.1. The number of amides is 2. The summed E-state index contributed by atoms with van der Waals surface area (Å²) in [5.41, 5.74) is 6.83. The van der Waals surface area contributed by atoms with Crippen molar-refractivity contribution < 1.29 is 18.0 Å². The molecule has 0 bridgehead atoms. The van der Waals surface area contributed by atoms with Gasteiger partial charge in [-0.05, 0) is 36.6 Å². The largest absolute Gasteiger partial charge is 0.384 e. The number of benzene rings is 2.